The minimum Gasteiger partial charge on any atom is -0.483 e. The first-order chi connectivity index (χ1) is 18.9. The van der Waals surface area contributed by atoms with Gasteiger partial charge < -0.3 is 14.3 Å². The van der Waals surface area contributed by atoms with Gasteiger partial charge in [-0.1, -0.05) is 66.2 Å². The van der Waals surface area contributed by atoms with Crippen molar-refractivity contribution in [3.8, 4) is 5.75 Å². The fraction of sp³-hybridized carbons (Fsp3) is 0.231. The molecule has 1 aliphatic heterocycles. The van der Waals surface area contributed by atoms with E-state index in [2.05, 4.69) is 0 Å². The molecule has 9 nitrogen and oxygen atoms in total. The first-order valence-corrected chi connectivity index (χ1v) is 13.6. The van der Waals surface area contributed by atoms with Crippen LogP contribution in [0.1, 0.15) is 28.3 Å². The zero-order valence-electron chi connectivity index (χ0n) is 20.6. The predicted octanol–water partition coefficient (Wildman–Crippen LogP) is 4.90. The first-order valence-electron chi connectivity index (χ1n) is 11.7. The van der Waals surface area contributed by atoms with E-state index in [1.165, 1.54) is 23.3 Å². The van der Waals surface area contributed by atoms with Crippen molar-refractivity contribution >= 4 is 33.7 Å². The largest absolute Gasteiger partial charge is 0.528 e. The molecule has 1 heterocycles. The number of amides is 1. The highest BCUT2D eigenvalue weighted by Gasteiger charge is 2.47. The number of carbonyl (C=O) groups excluding carboxylic acids is 2. The van der Waals surface area contributed by atoms with Crippen LogP contribution in [0.4, 0.5) is 18.0 Å². The van der Waals surface area contributed by atoms with Crippen LogP contribution in [0, 0.1) is 0 Å². The number of benzene rings is 3. The Bertz CT molecular complexity index is 1490. The van der Waals surface area contributed by atoms with E-state index in [1.54, 1.807) is 36.4 Å². The minimum absolute atomic E-state index is 0.00286. The Hall–Kier alpha value is -3.81. The lowest BCUT2D eigenvalue weighted by molar-refractivity contribution is -0.152. The molecule has 1 atom stereocenters. The fourth-order valence-corrected chi connectivity index (χ4v) is 4.70. The highest BCUT2D eigenvalue weighted by molar-refractivity contribution is 7.90. The maximum atomic E-state index is 12.6. The van der Waals surface area contributed by atoms with Gasteiger partial charge in [-0.15, -0.1) is 5.06 Å². The molecule has 3 aromatic rings. The molecule has 0 bridgehead atoms. The molecule has 212 valence electrons. The van der Waals surface area contributed by atoms with Gasteiger partial charge >= 0.3 is 21.7 Å². The van der Waals surface area contributed by atoms with Gasteiger partial charge in [0.05, 0.1) is 6.04 Å². The molecule has 1 aliphatic rings. The van der Waals surface area contributed by atoms with Crippen LogP contribution < -0.4 is 9.46 Å². The van der Waals surface area contributed by atoms with Gasteiger partial charge in [-0.25, -0.2) is 9.52 Å². The van der Waals surface area contributed by atoms with Gasteiger partial charge in [0.2, 0.25) is 0 Å². The average Bonchev–Trinajstić information content (AvgIpc) is 2.91. The van der Waals surface area contributed by atoms with E-state index in [0.29, 0.717) is 17.5 Å². The molecular formula is C26H22ClF3N2O7S. The number of halogens is 4. The second kappa shape index (κ2) is 12.1. The molecule has 14 heteroatoms. The summed E-state index contributed by atoms with van der Waals surface area (Å²) in [5.41, 5.74) is -2.99. The zero-order chi connectivity index (χ0) is 28.9. The molecule has 0 aromatic heterocycles. The maximum absolute atomic E-state index is 12.6. The summed E-state index contributed by atoms with van der Waals surface area (Å²) in [7, 11) is -5.91. The Labute approximate surface area is 232 Å². The van der Waals surface area contributed by atoms with Gasteiger partial charge in [0.25, 0.3) is 5.91 Å². The zero-order valence-corrected chi connectivity index (χ0v) is 22.1. The molecule has 0 saturated heterocycles. The number of nitrogens with one attached hydrogen (secondary N) is 1. The summed E-state index contributed by atoms with van der Waals surface area (Å²) < 4.78 is 72.0. The van der Waals surface area contributed by atoms with E-state index in [1.807, 2.05) is 18.2 Å². The van der Waals surface area contributed by atoms with Crippen LogP contribution in [-0.4, -0.2) is 44.2 Å². The molecule has 0 spiro atoms. The third-order valence-corrected chi connectivity index (χ3v) is 7.15. The SMILES string of the molecule is O=C(COc1ccc(Cl)cc1[C@@H]1c2ccccc2CCN1OC(=O)OCc1ccccc1)NS(=O)(=O)C(F)(F)F. The third-order valence-electron chi connectivity index (χ3n) is 5.81. The van der Waals surface area contributed by atoms with Crippen molar-refractivity contribution < 1.29 is 45.5 Å². The lowest BCUT2D eigenvalue weighted by atomic mass is 9.89. The van der Waals surface area contributed by atoms with Crippen molar-refractivity contribution in [3.63, 3.8) is 0 Å². The summed E-state index contributed by atoms with van der Waals surface area (Å²) in [6.07, 6.45) is -0.470. The lowest BCUT2D eigenvalue weighted by Crippen LogP contribution is -2.42. The molecule has 0 aliphatic carbocycles. The van der Waals surface area contributed by atoms with E-state index >= 15 is 0 Å². The van der Waals surface area contributed by atoms with E-state index in [-0.39, 0.29) is 23.9 Å². The van der Waals surface area contributed by atoms with Crippen molar-refractivity contribution in [2.45, 2.75) is 24.6 Å². The summed E-state index contributed by atoms with van der Waals surface area (Å²) in [6.45, 7) is -0.854. The minimum atomic E-state index is -5.91. The first kappa shape index (κ1) is 29.2. The Morgan fingerprint density at radius 1 is 1.00 bits per heavy atom. The topological polar surface area (TPSA) is 111 Å². The number of rotatable bonds is 8. The highest BCUT2D eigenvalue weighted by Crippen LogP contribution is 2.40. The molecule has 3 aromatic carbocycles. The number of nitrogens with zero attached hydrogens (tertiary/aromatic N) is 1. The summed E-state index contributed by atoms with van der Waals surface area (Å²) in [5.74, 6) is -1.54. The van der Waals surface area contributed by atoms with Crippen LogP contribution in [-0.2, 0) is 37.4 Å². The van der Waals surface area contributed by atoms with Gasteiger partial charge in [0.1, 0.15) is 12.4 Å². The van der Waals surface area contributed by atoms with Gasteiger partial charge in [0.15, 0.2) is 6.61 Å². The highest BCUT2D eigenvalue weighted by atomic mass is 35.5. The summed E-state index contributed by atoms with van der Waals surface area (Å²) >= 11 is 6.24. The Balaban J connectivity index is 1.58. The molecule has 0 radical (unpaired) electrons. The maximum Gasteiger partial charge on any atom is 0.528 e. The van der Waals surface area contributed by atoms with Crippen molar-refractivity contribution in [3.05, 3.63) is 100 Å². The van der Waals surface area contributed by atoms with Gasteiger partial charge in [-0.2, -0.15) is 21.6 Å². The van der Waals surface area contributed by atoms with Crippen LogP contribution in [0.2, 0.25) is 5.02 Å². The molecule has 4 rings (SSSR count). The Morgan fingerprint density at radius 3 is 2.42 bits per heavy atom. The second-order valence-corrected chi connectivity index (χ2v) is 10.7. The summed E-state index contributed by atoms with van der Waals surface area (Å²) in [5, 5.41) is 1.60. The Kier molecular flexibility index (Phi) is 8.86. The van der Waals surface area contributed by atoms with E-state index < -0.39 is 40.2 Å². The van der Waals surface area contributed by atoms with Gasteiger partial charge in [-0.3, -0.25) is 4.79 Å². The van der Waals surface area contributed by atoms with Crippen LogP contribution in [0.25, 0.3) is 0 Å². The van der Waals surface area contributed by atoms with Crippen molar-refractivity contribution in [1.82, 2.24) is 9.79 Å². The van der Waals surface area contributed by atoms with E-state index in [4.69, 9.17) is 25.9 Å². The van der Waals surface area contributed by atoms with Crippen molar-refractivity contribution in [1.29, 1.82) is 0 Å². The van der Waals surface area contributed by atoms with E-state index in [9.17, 15) is 31.2 Å². The number of hydrogen-bond acceptors (Lipinski definition) is 8. The van der Waals surface area contributed by atoms with Crippen molar-refractivity contribution in [2.75, 3.05) is 13.2 Å². The smallest absolute Gasteiger partial charge is 0.483 e. The standard InChI is InChI=1S/C26H22ClF3N2O7S/c27-19-10-11-22(37-16-23(33)31-40(35,36)26(28,29)30)21(14-19)24-20-9-5-4-8-18(20)12-13-32(24)39-25(34)38-15-17-6-2-1-3-7-17/h1-11,14,24H,12-13,15-16H2,(H,31,33)/t24-/m0/s1. The Morgan fingerprint density at radius 2 is 1.70 bits per heavy atom. The number of carbonyl (C=O) groups is 2. The summed E-state index contributed by atoms with van der Waals surface area (Å²) in [4.78, 5) is 30.2. The number of sulfonamides is 1. The molecule has 0 unspecified atom stereocenters. The number of fused-ring (bicyclic) bond motifs is 1. The number of ether oxygens (including phenoxy) is 2. The van der Waals surface area contributed by atoms with Gasteiger partial charge in [-0.05, 0) is 41.3 Å². The van der Waals surface area contributed by atoms with Crippen molar-refractivity contribution in [2.24, 2.45) is 0 Å². The van der Waals surface area contributed by atoms with Crippen LogP contribution in [0.5, 0.6) is 5.75 Å². The van der Waals surface area contributed by atoms with Crippen LogP contribution in [0.15, 0.2) is 72.8 Å². The molecule has 0 saturated carbocycles. The van der Waals surface area contributed by atoms with E-state index in [0.717, 1.165) is 15.8 Å². The van der Waals surface area contributed by atoms with Gasteiger partial charge in [0, 0.05) is 17.1 Å². The van der Waals surface area contributed by atoms with Crippen LogP contribution in [0.3, 0.4) is 0 Å². The monoisotopic (exact) mass is 598 g/mol. The number of hydroxylamine groups is 2. The number of alkyl halides is 3. The molecular weight excluding hydrogens is 577 g/mol. The molecule has 40 heavy (non-hydrogen) atoms. The lowest BCUT2D eigenvalue weighted by Gasteiger charge is -2.36. The summed E-state index contributed by atoms with van der Waals surface area (Å²) in [6, 6.07) is 19.7. The molecule has 1 N–H and O–H groups in total. The third kappa shape index (κ3) is 7.03. The fourth-order valence-electron chi connectivity index (χ4n) is 4.05. The number of hydrogen-bond donors (Lipinski definition) is 1. The second-order valence-electron chi connectivity index (χ2n) is 8.55. The normalized spacial score (nSPS) is 15.6. The molecule has 1 amide bonds. The average molecular weight is 599 g/mol. The molecule has 0 fully saturated rings. The predicted molar refractivity (Wildman–Crippen MR) is 136 cm³/mol. The quantitative estimate of drug-likeness (QED) is 0.365. The van der Waals surface area contributed by atoms with Crippen LogP contribution >= 0.6 is 11.6 Å².